The van der Waals surface area contributed by atoms with Crippen molar-refractivity contribution in [2.45, 2.75) is 19.8 Å². The van der Waals surface area contributed by atoms with E-state index in [0.717, 1.165) is 35.4 Å². The van der Waals surface area contributed by atoms with Gasteiger partial charge in [-0.3, -0.25) is 15.6 Å². The summed E-state index contributed by atoms with van der Waals surface area (Å²) < 4.78 is 18.6. The van der Waals surface area contributed by atoms with Gasteiger partial charge in [0, 0.05) is 11.1 Å². The molecule has 1 aliphatic carbocycles. The average Bonchev–Trinajstić information content (AvgIpc) is 2.59. The Morgan fingerprint density at radius 3 is 2.83 bits per heavy atom. The van der Waals surface area contributed by atoms with Gasteiger partial charge in [0.05, 0.1) is 12.8 Å². The number of carbonyl (C=O) groups excluding carboxylic acids is 1. The first kappa shape index (κ1) is 16.1. The molecule has 24 heavy (non-hydrogen) atoms. The van der Waals surface area contributed by atoms with E-state index in [0.29, 0.717) is 0 Å². The van der Waals surface area contributed by atoms with Gasteiger partial charge in [-0.15, -0.1) is 0 Å². The van der Waals surface area contributed by atoms with Gasteiger partial charge in [0.1, 0.15) is 11.6 Å². The number of hydrogen-bond donors (Lipinski definition) is 2. The first-order chi connectivity index (χ1) is 11.6. The normalized spacial score (nSPS) is 12.9. The Balaban J connectivity index is 1.76. The van der Waals surface area contributed by atoms with Crippen molar-refractivity contribution in [3.05, 3.63) is 70.5 Å². The van der Waals surface area contributed by atoms with E-state index in [1.165, 1.54) is 23.8 Å². The lowest BCUT2D eigenvalue weighted by Gasteiger charge is -2.21. The third kappa shape index (κ3) is 3.25. The molecule has 2 N–H and O–H groups in total. The molecule has 4 nitrogen and oxygen atoms in total. The smallest absolute Gasteiger partial charge is 0.269 e. The van der Waals surface area contributed by atoms with Gasteiger partial charge in [0.25, 0.3) is 5.91 Å². The maximum Gasteiger partial charge on any atom is 0.269 e. The number of aryl methyl sites for hydroxylation is 2. The number of amides is 1. The minimum Gasteiger partial charge on any atom is -0.496 e. The van der Waals surface area contributed by atoms with Crippen LogP contribution in [0.4, 0.5) is 4.39 Å². The molecule has 0 aliphatic heterocycles. The number of allylic oxidation sites excluding steroid dienone is 1. The molecule has 0 unspecified atom stereocenters. The van der Waals surface area contributed by atoms with Crippen LogP contribution in [0.25, 0.3) is 5.70 Å². The summed E-state index contributed by atoms with van der Waals surface area (Å²) >= 11 is 0. The molecule has 0 radical (unpaired) electrons. The predicted octanol–water partition coefficient (Wildman–Crippen LogP) is 3.36. The van der Waals surface area contributed by atoms with Crippen molar-refractivity contribution in [2.24, 2.45) is 0 Å². The zero-order chi connectivity index (χ0) is 17.1. The van der Waals surface area contributed by atoms with E-state index in [2.05, 4.69) is 10.9 Å². The molecule has 0 aromatic heterocycles. The first-order valence-corrected chi connectivity index (χ1v) is 7.78. The van der Waals surface area contributed by atoms with Gasteiger partial charge >= 0.3 is 0 Å². The Labute approximate surface area is 140 Å². The van der Waals surface area contributed by atoms with E-state index < -0.39 is 5.82 Å². The quantitative estimate of drug-likeness (QED) is 0.847. The fourth-order valence-electron chi connectivity index (χ4n) is 2.83. The summed E-state index contributed by atoms with van der Waals surface area (Å²) in [6.07, 6.45) is 3.84. The minimum absolute atomic E-state index is 0.269. The summed E-state index contributed by atoms with van der Waals surface area (Å²) in [4.78, 5) is 12.1. The predicted molar refractivity (Wildman–Crippen MR) is 91.0 cm³/mol. The van der Waals surface area contributed by atoms with E-state index in [1.807, 2.05) is 25.1 Å². The monoisotopic (exact) mass is 326 g/mol. The van der Waals surface area contributed by atoms with Crippen LogP contribution >= 0.6 is 0 Å². The van der Waals surface area contributed by atoms with Crippen LogP contribution in [0.5, 0.6) is 5.75 Å². The van der Waals surface area contributed by atoms with Crippen LogP contribution in [0.2, 0.25) is 0 Å². The molecule has 2 aromatic carbocycles. The second-order valence-corrected chi connectivity index (χ2v) is 5.72. The van der Waals surface area contributed by atoms with Gasteiger partial charge in [-0.05, 0) is 61.2 Å². The minimum atomic E-state index is -0.437. The fraction of sp³-hybridized carbons (Fsp3) is 0.211. The van der Waals surface area contributed by atoms with Crippen LogP contribution in [0.1, 0.15) is 33.5 Å². The Hall–Kier alpha value is -2.82. The van der Waals surface area contributed by atoms with Gasteiger partial charge in [0.2, 0.25) is 0 Å². The van der Waals surface area contributed by atoms with Crippen molar-refractivity contribution in [1.82, 2.24) is 10.9 Å². The average molecular weight is 326 g/mol. The second-order valence-electron chi connectivity index (χ2n) is 5.72. The molecule has 1 aliphatic rings. The third-order valence-corrected chi connectivity index (χ3v) is 4.07. The molecule has 0 spiro atoms. The second kappa shape index (κ2) is 6.74. The molecule has 0 atom stereocenters. The van der Waals surface area contributed by atoms with Crippen LogP contribution < -0.4 is 15.6 Å². The molecule has 3 rings (SSSR count). The summed E-state index contributed by atoms with van der Waals surface area (Å²) in [6, 6.07) is 9.66. The molecule has 0 bridgehead atoms. The molecule has 124 valence electrons. The number of ether oxygens (including phenoxy) is 1. The van der Waals surface area contributed by atoms with Crippen LogP contribution in [-0.4, -0.2) is 13.0 Å². The van der Waals surface area contributed by atoms with Gasteiger partial charge in [0.15, 0.2) is 0 Å². The lowest BCUT2D eigenvalue weighted by Crippen LogP contribution is -2.36. The van der Waals surface area contributed by atoms with Crippen molar-refractivity contribution < 1.29 is 13.9 Å². The van der Waals surface area contributed by atoms with E-state index in [9.17, 15) is 9.18 Å². The Morgan fingerprint density at radius 2 is 2.08 bits per heavy atom. The van der Waals surface area contributed by atoms with Gasteiger partial charge < -0.3 is 4.74 Å². The van der Waals surface area contributed by atoms with Crippen LogP contribution in [0.3, 0.4) is 0 Å². The zero-order valence-corrected chi connectivity index (χ0v) is 13.7. The van der Waals surface area contributed by atoms with E-state index in [-0.39, 0.29) is 11.5 Å². The summed E-state index contributed by atoms with van der Waals surface area (Å²) in [5.41, 5.74) is 9.94. The van der Waals surface area contributed by atoms with Crippen molar-refractivity contribution in [3.8, 4) is 5.75 Å². The van der Waals surface area contributed by atoms with E-state index in [1.54, 1.807) is 13.2 Å². The van der Waals surface area contributed by atoms with Crippen LogP contribution in [0.15, 0.2) is 42.5 Å². The van der Waals surface area contributed by atoms with Crippen molar-refractivity contribution in [2.75, 3.05) is 7.11 Å². The molecule has 2 aromatic rings. The number of methoxy groups -OCH3 is 1. The molecule has 0 heterocycles. The highest BCUT2D eigenvalue weighted by molar-refractivity contribution is 5.94. The van der Waals surface area contributed by atoms with Crippen LogP contribution in [-0.2, 0) is 6.42 Å². The molecular weight excluding hydrogens is 307 g/mol. The highest BCUT2D eigenvalue weighted by Gasteiger charge is 2.16. The molecule has 5 heteroatoms. The summed E-state index contributed by atoms with van der Waals surface area (Å²) in [5.74, 6) is 0.0409. The largest absolute Gasteiger partial charge is 0.496 e. The Bertz CT molecular complexity index is 815. The number of hydrazine groups is 1. The standard InChI is InChI=1S/C19H19FN2O2/c1-12-9-16-13(11-18(12)24-2)5-4-8-17(16)21-22-19(23)14-6-3-7-15(20)10-14/h3,6-11,21H,4-5H2,1-2H3,(H,22,23). The van der Waals surface area contributed by atoms with Crippen molar-refractivity contribution in [1.29, 1.82) is 0 Å². The Kier molecular flexibility index (Phi) is 4.51. The molecular formula is C19H19FN2O2. The highest BCUT2D eigenvalue weighted by atomic mass is 19.1. The topological polar surface area (TPSA) is 50.4 Å². The number of halogens is 1. The van der Waals surface area contributed by atoms with Crippen molar-refractivity contribution >= 4 is 11.6 Å². The molecule has 0 saturated carbocycles. The molecule has 1 amide bonds. The number of benzene rings is 2. The molecule has 0 fully saturated rings. The lowest BCUT2D eigenvalue weighted by atomic mass is 9.93. The zero-order valence-electron chi connectivity index (χ0n) is 13.7. The highest BCUT2D eigenvalue weighted by Crippen LogP contribution is 2.30. The van der Waals surface area contributed by atoms with E-state index in [4.69, 9.17) is 4.74 Å². The maximum absolute atomic E-state index is 13.2. The Morgan fingerprint density at radius 1 is 1.25 bits per heavy atom. The van der Waals surface area contributed by atoms with Gasteiger partial charge in [-0.2, -0.15) is 0 Å². The number of rotatable bonds is 4. The number of hydrogen-bond acceptors (Lipinski definition) is 3. The third-order valence-electron chi connectivity index (χ3n) is 4.07. The van der Waals surface area contributed by atoms with E-state index >= 15 is 0 Å². The first-order valence-electron chi connectivity index (χ1n) is 7.78. The van der Waals surface area contributed by atoms with Gasteiger partial charge in [-0.1, -0.05) is 12.1 Å². The summed E-state index contributed by atoms with van der Waals surface area (Å²) in [6.45, 7) is 1.98. The number of carbonyl (C=O) groups is 1. The summed E-state index contributed by atoms with van der Waals surface area (Å²) in [7, 11) is 1.66. The number of fused-ring (bicyclic) bond motifs is 1. The van der Waals surface area contributed by atoms with Gasteiger partial charge in [-0.25, -0.2) is 4.39 Å². The number of nitrogens with one attached hydrogen (secondary N) is 2. The van der Waals surface area contributed by atoms with Crippen molar-refractivity contribution in [3.63, 3.8) is 0 Å². The fourth-order valence-corrected chi connectivity index (χ4v) is 2.83. The SMILES string of the molecule is COc1cc2c(cc1C)C(NNC(=O)c1cccc(F)c1)=CCC2. The maximum atomic E-state index is 13.2. The van der Waals surface area contributed by atoms with Crippen LogP contribution in [0, 0.1) is 12.7 Å². The molecule has 0 saturated heterocycles. The lowest BCUT2D eigenvalue weighted by molar-refractivity contribution is 0.0942. The summed E-state index contributed by atoms with van der Waals surface area (Å²) in [5, 5.41) is 0.